The third kappa shape index (κ3) is 4.90. The van der Waals surface area contributed by atoms with E-state index in [9.17, 15) is 8.42 Å². The van der Waals surface area contributed by atoms with E-state index in [-0.39, 0.29) is 11.8 Å². The maximum absolute atomic E-state index is 10.9. The largest absolute Gasteiger partial charge is 0.309 e. The fourth-order valence-electron chi connectivity index (χ4n) is 1.23. The minimum Gasteiger partial charge on any atom is -0.309 e. The van der Waals surface area contributed by atoms with E-state index in [1.165, 1.54) is 6.26 Å². The summed E-state index contributed by atoms with van der Waals surface area (Å²) in [6, 6.07) is 3.98. The lowest BCUT2D eigenvalue weighted by Gasteiger charge is -2.13. The van der Waals surface area contributed by atoms with Gasteiger partial charge in [0.05, 0.1) is 5.75 Å². The van der Waals surface area contributed by atoms with E-state index in [0.29, 0.717) is 6.54 Å². The first kappa shape index (κ1) is 12.1. The first-order valence-corrected chi connectivity index (χ1v) is 6.86. The van der Waals surface area contributed by atoms with Gasteiger partial charge in [0.1, 0.15) is 9.84 Å². The number of rotatable bonds is 5. The van der Waals surface area contributed by atoms with Gasteiger partial charge in [-0.3, -0.25) is 4.98 Å². The number of nitrogens with one attached hydrogen (secondary N) is 1. The van der Waals surface area contributed by atoms with Crippen LogP contribution in [0.1, 0.15) is 18.5 Å². The molecule has 1 heterocycles. The second-order valence-corrected chi connectivity index (χ2v) is 5.85. The molecule has 84 valence electrons. The van der Waals surface area contributed by atoms with E-state index in [1.807, 2.05) is 19.1 Å². The fraction of sp³-hybridized carbons (Fsp3) is 0.500. The fourth-order valence-corrected chi connectivity index (χ4v) is 1.72. The van der Waals surface area contributed by atoms with Crippen LogP contribution in [-0.4, -0.2) is 32.0 Å². The number of pyridine rings is 1. The van der Waals surface area contributed by atoms with Crippen molar-refractivity contribution < 1.29 is 8.42 Å². The van der Waals surface area contributed by atoms with Crippen molar-refractivity contribution in [2.45, 2.75) is 13.0 Å². The molecule has 0 bridgehead atoms. The van der Waals surface area contributed by atoms with E-state index in [2.05, 4.69) is 10.3 Å². The van der Waals surface area contributed by atoms with Crippen LogP contribution in [0, 0.1) is 0 Å². The normalized spacial score (nSPS) is 13.7. The van der Waals surface area contributed by atoms with E-state index in [1.54, 1.807) is 12.4 Å². The Balaban J connectivity index is 2.41. The molecular formula is C10H16N2O2S. The van der Waals surface area contributed by atoms with Crippen LogP contribution in [0.15, 0.2) is 24.5 Å². The predicted octanol–water partition coefficient (Wildman–Crippen LogP) is 0.777. The quantitative estimate of drug-likeness (QED) is 0.809. The highest BCUT2D eigenvalue weighted by atomic mass is 32.2. The lowest BCUT2D eigenvalue weighted by Crippen LogP contribution is -2.25. The first-order chi connectivity index (χ1) is 6.99. The SMILES string of the molecule is C[C@@H](NCCS(C)(=O)=O)c1ccncc1. The Morgan fingerprint density at radius 1 is 1.40 bits per heavy atom. The Morgan fingerprint density at radius 3 is 2.53 bits per heavy atom. The van der Waals surface area contributed by atoms with Gasteiger partial charge in [0.25, 0.3) is 0 Å². The van der Waals surface area contributed by atoms with Gasteiger partial charge in [-0.1, -0.05) is 0 Å². The van der Waals surface area contributed by atoms with Gasteiger partial charge in [-0.05, 0) is 24.6 Å². The average Bonchev–Trinajstić information content (AvgIpc) is 2.17. The maximum Gasteiger partial charge on any atom is 0.148 e. The van der Waals surface area contributed by atoms with Gasteiger partial charge in [0.2, 0.25) is 0 Å². The molecule has 0 fully saturated rings. The molecule has 0 saturated heterocycles. The van der Waals surface area contributed by atoms with Gasteiger partial charge >= 0.3 is 0 Å². The summed E-state index contributed by atoms with van der Waals surface area (Å²) in [5.74, 6) is 0.169. The van der Waals surface area contributed by atoms with Crippen LogP contribution in [-0.2, 0) is 9.84 Å². The summed E-state index contributed by atoms with van der Waals surface area (Å²) < 4.78 is 21.8. The van der Waals surface area contributed by atoms with Crippen molar-refractivity contribution in [2.75, 3.05) is 18.6 Å². The summed E-state index contributed by atoms with van der Waals surface area (Å²) in [5, 5.41) is 3.15. The summed E-state index contributed by atoms with van der Waals surface area (Å²) in [4.78, 5) is 3.92. The topological polar surface area (TPSA) is 59.1 Å². The molecular weight excluding hydrogens is 212 g/mol. The maximum atomic E-state index is 10.9. The van der Waals surface area contributed by atoms with Gasteiger partial charge < -0.3 is 5.32 Å². The minimum atomic E-state index is -2.88. The Labute approximate surface area is 90.7 Å². The molecule has 1 rings (SSSR count). The Morgan fingerprint density at radius 2 is 2.00 bits per heavy atom. The van der Waals surface area contributed by atoms with Crippen molar-refractivity contribution in [3.63, 3.8) is 0 Å². The van der Waals surface area contributed by atoms with Crippen LogP contribution in [0.3, 0.4) is 0 Å². The molecule has 1 atom stereocenters. The van der Waals surface area contributed by atoms with E-state index in [0.717, 1.165) is 5.56 Å². The molecule has 0 saturated carbocycles. The minimum absolute atomic E-state index is 0.148. The van der Waals surface area contributed by atoms with Gasteiger partial charge in [-0.2, -0.15) is 0 Å². The first-order valence-electron chi connectivity index (χ1n) is 4.80. The van der Waals surface area contributed by atoms with Gasteiger partial charge in [0, 0.05) is 31.2 Å². The zero-order chi connectivity index (χ0) is 11.3. The predicted molar refractivity (Wildman–Crippen MR) is 60.4 cm³/mol. The highest BCUT2D eigenvalue weighted by Crippen LogP contribution is 2.09. The third-order valence-corrected chi connectivity index (χ3v) is 3.08. The zero-order valence-electron chi connectivity index (χ0n) is 8.97. The Bertz CT molecular complexity index is 389. The molecule has 0 aromatic carbocycles. The summed E-state index contributed by atoms with van der Waals surface area (Å²) in [6.45, 7) is 2.47. The van der Waals surface area contributed by atoms with Crippen LogP contribution >= 0.6 is 0 Å². The standard InChI is InChI=1S/C10H16N2O2S/c1-9(10-3-5-11-6-4-10)12-7-8-15(2,13)14/h3-6,9,12H,7-8H2,1-2H3/t9-/m1/s1. The van der Waals surface area contributed by atoms with Crippen molar-refractivity contribution in [3.8, 4) is 0 Å². The van der Waals surface area contributed by atoms with Gasteiger partial charge in [0.15, 0.2) is 0 Å². The molecule has 0 aliphatic rings. The highest BCUT2D eigenvalue weighted by molar-refractivity contribution is 7.90. The molecule has 0 radical (unpaired) electrons. The van der Waals surface area contributed by atoms with Crippen molar-refractivity contribution in [1.29, 1.82) is 0 Å². The lowest BCUT2D eigenvalue weighted by molar-refractivity contribution is 0.575. The monoisotopic (exact) mass is 228 g/mol. The number of sulfone groups is 1. The number of hydrogen-bond donors (Lipinski definition) is 1. The molecule has 15 heavy (non-hydrogen) atoms. The van der Waals surface area contributed by atoms with Crippen LogP contribution in [0.5, 0.6) is 0 Å². The van der Waals surface area contributed by atoms with Crippen molar-refractivity contribution in [3.05, 3.63) is 30.1 Å². The molecule has 0 spiro atoms. The van der Waals surface area contributed by atoms with E-state index in [4.69, 9.17) is 0 Å². The summed E-state index contributed by atoms with van der Waals surface area (Å²) in [7, 11) is -2.88. The lowest BCUT2D eigenvalue weighted by atomic mass is 10.1. The number of aromatic nitrogens is 1. The van der Waals surface area contributed by atoms with Crippen LogP contribution in [0.4, 0.5) is 0 Å². The number of nitrogens with zero attached hydrogens (tertiary/aromatic N) is 1. The summed E-state index contributed by atoms with van der Waals surface area (Å²) in [5.41, 5.74) is 1.11. The molecule has 0 aliphatic carbocycles. The highest BCUT2D eigenvalue weighted by Gasteiger charge is 2.06. The van der Waals surface area contributed by atoms with Crippen LogP contribution in [0.2, 0.25) is 0 Å². The van der Waals surface area contributed by atoms with Crippen molar-refractivity contribution in [2.24, 2.45) is 0 Å². The van der Waals surface area contributed by atoms with Gasteiger partial charge in [-0.15, -0.1) is 0 Å². The molecule has 0 unspecified atom stereocenters. The molecule has 0 amide bonds. The average molecular weight is 228 g/mol. The van der Waals surface area contributed by atoms with Gasteiger partial charge in [-0.25, -0.2) is 8.42 Å². The van der Waals surface area contributed by atoms with E-state index >= 15 is 0 Å². The van der Waals surface area contributed by atoms with E-state index < -0.39 is 9.84 Å². The molecule has 4 nitrogen and oxygen atoms in total. The van der Waals surface area contributed by atoms with Crippen molar-refractivity contribution >= 4 is 9.84 Å². The smallest absolute Gasteiger partial charge is 0.148 e. The molecule has 5 heteroatoms. The second kappa shape index (κ2) is 5.23. The summed E-state index contributed by atoms with van der Waals surface area (Å²) in [6.07, 6.45) is 4.69. The molecule has 1 aromatic heterocycles. The number of hydrogen-bond acceptors (Lipinski definition) is 4. The Hall–Kier alpha value is -0.940. The van der Waals surface area contributed by atoms with Crippen LogP contribution < -0.4 is 5.32 Å². The third-order valence-electron chi connectivity index (χ3n) is 2.13. The zero-order valence-corrected chi connectivity index (χ0v) is 9.79. The molecule has 1 N–H and O–H groups in total. The van der Waals surface area contributed by atoms with Crippen molar-refractivity contribution in [1.82, 2.24) is 10.3 Å². The van der Waals surface area contributed by atoms with Crippen LogP contribution in [0.25, 0.3) is 0 Å². The second-order valence-electron chi connectivity index (χ2n) is 3.59. The Kier molecular flexibility index (Phi) is 4.23. The molecule has 1 aromatic rings. The summed E-state index contributed by atoms with van der Waals surface area (Å²) >= 11 is 0. The molecule has 0 aliphatic heterocycles.